The molecule has 21 heavy (non-hydrogen) atoms. The van der Waals surface area contributed by atoms with Gasteiger partial charge in [0.1, 0.15) is 0 Å². The summed E-state index contributed by atoms with van der Waals surface area (Å²) in [5.41, 5.74) is 0.502. The van der Waals surface area contributed by atoms with E-state index in [0.29, 0.717) is 5.56 Å². The number of halogens is 2. The lowest BCUT2D eigenvalue weighted by Crippen LogP contribution is -2.14. The first-order valence-corrected chi connectivity index (χ1v) is 9.97. The minimum atomic E-state index is -3.91. The van der Waals surface area contributed by atoms with E-state index in [-0.39, 0.29) is 20.1 Å². The van der Waals surface area contributed by atoms with Crippen LogP contribution in [0.3, 0.4) is 0 Å². The lowest BCUT2D eigenvalue weighted by atomic mass is 10.2. The Labute approximate surface area is 134 Å². The van der Waals surface area contributed by atoms with Crippen LogP contribution in [0.2, 0.25) is 0 Å². The number of hydrogen-bond donors (Lipinski definition) is 2. The van der Waals surface area contributed by atoms with Crippen molar-refractivity contribution in [2.45, 2.75) is 16.8 Å². The summed E-state index contributed by atoms with van der Waals surface area (Å²) in [5, 5.41) is 5.79. The largest absolute Gasteiger partial charge is 0.278 e. The first kappa shape index (κ1) is 16.3. The molecule has 0 unspecified atom stereocenters. The van der Waals surface area contributed by atoms with Crippen LogP contribution in [0, 0.1) is 6.92 Å². The van der Waals surface area contributed by atoms with Crippen molar-refractivity contribution < 1.29 is 16.8 Å². The molecule has 2 rings (SSSR count). The van der Waals surface area contributed by atoms with Gasteiger partial charge in [-0.15, -0.1) is 0 Å². The molecule has 0 aliphatic heterocycles. The summed E-state index contributed by atoms with van der Waals surface area (Å²) in [6.45, 7) is 1.51. The Hall–Kier alpha value is -1.10. The summed E-state index contributed by atoms with van der Waals surface area (Å²) in [6, 6.07) is 3.90. The molecule has 0 saturated heterocycles. The van der Waals surface area contributed by atoms with Gasteiger partial charge in [0.05, 0.1) is 16.8 Å². The van der Waals surface area contributed by atoms with Crippen molar-refractivity contribution >= 4 is 51.4 Å². The van der Waals surface area contributed by atoms with Crippen molar-refractivity contribution in [3.8, 4) is 0 Å². The number of aromatic amines is 1. The molecule has 0 aliphatic carbocycles. The third-order valence-electron chi connectivity index (χ3n) is 2.54. The van der Waals surface area contributed by atoms with E-state index in [0.717, 1.165) is 0 Å². The number of sulfonamides is 1. The summed E-state index contributed by atoms with van der Waals surface area (Å²) in [5.74, 6) is 0. The highest BCUT2D eigenvalue weighted by Crippen LogP contribution is 2.31. The van der Waals surface area contributed by atoms with E-state index in [1.807, 2.05) is 0 Å². The zero-order valence-electron chi connectivity index (χ0n) is 10.5. The summed E-state index contributed by atoms with van der Waals surface area (Å²) >= 11 is 3.11. The van der Waals surface area contributed by atoms with Gasteiger partial charge in [-0.3, -0.25) is 9.82 Å². The Balaban J connectivity index is 2.46. The second-order valence-corrected chi connectivity index (χ2v) is 9.10. The monoisotopic (exact) mass is 413 g/mol. The van der Waals surface area contributed by atoms with Gasteiger partial charge in [-0.05, 0) is 46.6 Å². The predicted molar refractivity (Wildman–Crippen MR) is 81.3 cm³/mol. The average molecular weight is 415 g/mol. The molecule has 0 aliphatic rings. The molecule has 1 aromatic heterocycles. The predicted octanol–water partition coefficient (Wildman–Crippen LogP) is 2.21. The van der Waals surface area contributed by atoms with Gasteiger partial charge in [0, 0.05) is 15.2 Å². The van der Waals surface area contributed by atoms with E-state index in [2.05, 4.69) is 30.8 Å². The molecule has 1 aromatic carbocycles. The van der Waals surface area contributed by atoms with Gasteiger partial charge in [-0.1, -0.05) is 0 Å². The second-order valence-electron chi connectivity index (χ2n) is 4.06. The fourth-order valence-corrected chi connectivity index (χ4v) is 4.50. The minimum absolute atomic E-state index is 0.0967. The number of anilines is 1. The number of nitrogens with one attached hydrogen (secondary N) is 2. The first-order valence-electron chi connectivity index (χ1n) is 5.38. The maximum Gasteiger partial charge on any atom is 0.278 e. The smallest absolute Gasteiger partial charge is 0.277 e. The van der Waals surface area contributed by atoms with Crippen molar-refractivity contribution in [3.63, 3.8) is 0 Å². The van der Waals surface area contributed by atoms with Gasteiger partial charge in [-0.25, -0.2) is 8.42 Å². The lowest BCUT2D eigenvalue weighted by Gasteiger charge is -2.11. The van der Waals surface area contributed by atoms with E-state index in [9.17, 15) is 16.8 Å². The van der Waals surface area contributed by atoms with Crippen LogP contribution in [0.4, 0.5) is 5.69 Å². The highest BCUT2D eigenvalue weighted by Gasteiger charge is 2.20. The highest BCUT2D eigenvalue weighted by atomic mass is 79.9. The molecule has 2 aromatic rings. The number of H-pyrrole nitrogens is 1. The lowest BCUT2D eigenvalue weighted by molar-refractivity contribution is 0.597. The SMILES string of the molecule is Cc1cc(NS(=O)(=O)c2ccn[nH]2)c(Br)cc1S(=O)(=O)Cl. The van der Waals surface area contributed by atoms with Gasteiger partial charge in [0.2, 0.25) is 0 Å². The van der Waals surface area contributed by atoms with Crippen LogP contribution in [-0.4, -0.2) is 27.0 Å². The Kier molecular flexibility index (Phi) is 4.34. The van der Waals surface area contributed by atoms with Crippen LogP contribution in [-0.2, 0) is 19.1 Å². The zero-order valence-corrected chi connectivity index (χ0v) is 14.4. The number of benzene rings is 1. The molecule has 0 spiro atoms. The van der Waals surface area contributed by atoms with Crippen LogP contribution in [0.25, 0.3) is 0 Å². The van der Waals surface area contributed by atoms with Gasteiger partial charge in [-0.2, -0.15) is 13.5 Å². The Bertz CT molecular complexity index is 879. The van der Waals surface area contributed by atoms with Crippen LogP contribution in [0.1, 0.15) is 5.56 Å². The third-order valence-corrected chi connectivity index (χ3v) is 5.95. The summed E-state index contributed by atoms with van der Waals surface area (Å²) in [7, 11) is -2.45. The molecule has 0 bridgehead atoms. The zero-order chi connectivity index (χ0) is 15.8. The third kappa shape index (κ3) is 3.57. The summed E-state index contributed by atoms with van der Waals surface area (Å²) in [4.78, 5) is -0.0967. The molecule has 2 N–H and O–H groups in total. The van der Waals surface area contributed by atoms with Crippen molar-refractivity contribution in [2.75, 3.05) is 4.72 Å². The second kappa shape index (κ2) is 5.59. The van der Waals surface area contributed by atoms with Crippen LogP contribution in [0.5, 0.6) is 0 Å². The maximum absolute atomic E-state index is 12.1. The maximum atomic E-state index is 12.1. The van der Waals surface area contributed by atoms with E-state index in [1.165, 1.54) is 31.3 Å². The molecular weight excluding hydrogens is 406 g/mol. The summed E-state index contributed by atoms with van der Waals surface area (Å²) < 4.78 is 49.5. The number of rotatable bonds is 4. The fourth-order valence-electron chi connectivity index (χ4n) is 1.60. The van der Waals surface area contributed by atoms with Crippen LogP contribution < -0.4 is 4.72 Å². The Morgan fingerprint density at radius 1 is 1.29 bits per heavy atom. The number of aryl methyl sites for hydroxylation is 1. The molecule has 7 nitrogen and oxygen atoms in total. The topological polar surface area (TPSA) is 109 Å². The van der Waals surface area contributed by atoms with Gasteiger partial charge >= 0.3 is 0 Å². The molecule has 0 amide bonds. The van der Waals surface area contributed by atoms with E-state index in [4.69, 9.17) is 10.7 Å². The highest BCUT2D eigenvalue weighted by molar-refractivity contribution is 9.10. The van der Waals surface area contributed by atoms with Crippen molar-refractivity contribution in [3.05, 3.63) is 34.4 Å². The molecular formula is C10H9BrClN3O4S2. The van der Waals surface area contributed by atoms with Gasteiger partial charge in [0.25, 0.3) is 19.1 Å². The Morgan fingerprint density at radius 2 is 1.95 bits per heavy atom. The molecule has 114 valence electrons. The van der Waals surface area contributed by atoms with Crippen LogP contribution >= 0.6 is 26.6 Å². The Morgan fingerprint density at radius 3 is 2.48 bits per heavy atom. The van der Waals surface area contributed by atoms with Crippen LogP contribution in [0.15, 0.2) is 38.8 Å². The minimum Gasteiger partial charge on any atom is -0.277 e. The summed E-state index contributed by atoms with van der Waals surface area (Å²) in [6.07, 6.45) is 1.30. The van der Waals surface area contributed by atoms with Crippen molar-refractivity contribution in [1.29, 1.82) is 0 Å². The number of hydrogen-bond acceptors (Lipinski definition) is 5. The number of nitrogens with zero attached hydrogens (tertiary/aromatic N) is 1. The fraction of sp³-hybridized carbons (Fsp3) is 0.100. The van der Waals surface area contributed by atoms with Gasteiger partial charge < -0.3 is 0 Å². The molecule has 11 heteroatoms. The van der Waals surface area contributed by atoms with Crippen molar-refractivity contribution in [1.82, 2.24) is 10.2 Å². The molecule has 1 heterocycles. The molecule has 0 fully saturated rings. The van der Waals surface area contributed by atoms with Crippen molar-refractivity contribution in [2.24, 2.45) is 0 Å². The van der Waals surface area contributed by atoms with Gasteiger partial charge in [0.15, 0.2) is 5.03 Å². The average Bonchev–Trinajstić information content (AvgIpc) is 2.86. The van der Waals surface area contributed by atoms with E-state index < -0.39 is 19.1 Å². The molecule has 0 saturated carbocycles. The normalized spacial score (nSPS) is 12.3. The van der Waals surface area contributed by atoms with E-state index >= 15 is 0 Å². The molecule has 0 radical (unpaired) electrons. The quantitative estimate of drug-likeness (QED) is 0.746. The standard InChI is InChI=1S/C10H9BrClN3O4S2/c1-6-4-8(7(11)5-9(6)20(12,16)17)15-21(18,19)10-2-3-13-14-10/h2-5,15H,1H3,(H,13,14). The molecule has 0 atom stereocenters. The first-order chi connectivity index (χ1) is 9.61. The number of aromatic nitrogens is 2. The van der Waals surface area contributed by atoms with E-state index in [1.54, 1.807) is 0 Å².